The predicted molar refractivity (Wildman–Crippen MR) is 112 cm³/mol. The molecule has 28 heavy (non-hydrogen) atoms. The second kappa shape index (κ2) is 9.02. The van der Waals surface area contributed by atoms with Crippen LogP contribution >= 0.6 is 22.7 Å². The number of esters is 1. The Morgan fingerprint density at radius 3 is 2.57 bits per heavy atom. The van der Waals surface area contributed by atoms with Crippen molar-refractivity contribution in [3.05, 3.63) is 44.8 Å². The van der Waals surface area contributed by atoms with Crippen LogP contribution in [0.5, 0.6) is 0 Å². The summed E-state index contributed by atoms with van der Waals surface area (Å²) >= 11 is 2.92. The Labute approximate surface area is 172 Å². The van der Waals surface area contributed by atoms with Crippen LogP contribution in [0.15, 0.2) is 35.0 Å². The van der Waals surface area contributed by atoms with Gasteiger partial charge in [-0.3, -0.25) is 4.79 Å². The molecule has 6 nitrogen and oxygen atoms in total. The average Bonchev–Trinajstić information content (AvgIpc) is 3.40. The molecule has 1 amide bonds. The van der Waals surface area contributed by atoms with Crippen LogP contribution in [-0.4, -0.2) is 55.9 Å². The van der Waals surface area contributed by atoms with E-state index in [2.05, 4.69) is 0 Å². The Hall–Kier alpha value is -1.97. The van der Waals surface area contributed by atoms with E-state index in [4.69, 9.17) is 4.74 Å². The van der Waals surface area contributed by atoms with Gasteiger partial charge < -0.3 is 9.64 Å². The quantitative estimate of drug-likeness (QED) is 0.489. The maximum atomic E-state index is 12.7. The van der Waals surface area contributed by atoms with E-state index in [1.54, 1.807) is 13.0 Å². The van der Waals surface area contributed by atoms with Gasteiger partial charge in [0, 0.05) is 22.3 Å². The lowest BCUT2D eigenvalue weighted by Crippen LogP contribution is -2.43. The Balaban J connectivity index is 1.68. The molecule has 3 heterocycles. The van der Waals surface area contributed by atoms with Crippen molar-refractivity contribution in [3.63, 3.8) is 0 Å². The number of ether oxygens (including phenoxy) is 1. The summed E-state index contributed by atoms with van der Waals surface area (Å²) in [6.45, 7) is 1.76. The predicted octanol–water partition coefficient (Wildman–Crippen LogP) is 2.93. The summed E-state index contributed by atoms with van der Waals surface area (Å²) in [5.74, 6) is -0.883. The van der Waals surface area contributed by atoms with Gasteiger partial charge in [0.05, 0.1) is 17.1 Å². The normalized spacial score (nSPS) is 18.8. The van der Waals surface area contributed by atoms with Gasteiger partial charge in [0.15, 0.2) is 16.4 Å². The highest BCUT2D eigenvalue weighted by Gasteiger charge is 2.34. The monoisotopic (exact) mass is 439 g/mol. The first-order valence-corrected chi connectivity index (χ1v) is 12.4. The number of likely N-dealkylation sites (N-methyl/N-ethyl adjacent to an activating group) is 1. The first-order valence-electron chi connectivity index (χ1n) is 8.85. The minimum absolute atomic E-state index is 0.0285. The molecule has 2 aromatic heterocycles. The van der Waals surface area contributed by atoms with E-state index in [-0.39, 0.29) is 23.5 Å². The lowest BCUT2D eigenvalue weighted by Gasteiger charge is -2.26. The summed E-state index contributed by atoms with van der Waals surface area (Å²) in [5, 5.41) is 3.79. The third-order valence-corrected chi connectivity index (χ3v) is 7.95. The number of rotatable bonds is 7. The molecule has 150 valence electrons. The van der Waals surface area contributed by atoms with Crippen LogP contribution < -0.4 is 0 Å². The molecular weight excluding hydrogens is 418 g/mol. The minimum atomic E-state index is -3.10. The van der Waals surface area contributed by atoms with Crippen molar-refractivity contribution >= 4 is 56.0 Å². The summed E-state index contributed by atoms with van der Waals surface area (Å²) in [7, 11) is -3.10. The zero-order valence-electron chi connectivity index (χ0n) is 15.4. The van der Waals surface area contributed by atoms with Crippen molar-refractivity contribution in [2.24, 2.45) is 0 Å². The lowest BCUT2D eigenvalue weighted by atomic mass is 10.2. The van der Waals surface area contributed by atoms with Crippen molar-refractivity contribution in [2.75, 3.05) is 24.7 Å². The van der Waals surface area contributed by atoms with Crippen molar-refractivity contribution < 1.29 is 22.7 Å². The summed E-state index contributed by atoms with van der Waals surface area (Å²) in [6, 6.07) is 7.12. The van der Waals surface area contributed by atoms with Crippen molar-refractivity contribution in [1.82, 2.24) is 4.90 Å². The molecule has 0 aromatic carbocycles. The van der Waals surface area contributed by atoms with Gasteiger partial charge in [-0.15, -0.1) is 22.7 Å². The summed E-state index contributed by atoms with van der Waals surface area (Å²) in [5.41, 5.74) is 0.400. The van der Waals surface area contributed by atoms with Gasteiger partial charge in [0.1, 0.15) is 0 Å². The molecule has 1 aliphatic heterocycles. The molecule has 1 fully saturated rings. The fourth-order valence-corrected chi connectivity index (χ4v) is 6.24. The van der Waals surface area contributed by atoms with Crippen molar-refractivity contribution in [3.8, 4) is 0 Å². The lowest BCUT2D eigenvalue weighted by molar-refractivity contribution is -0.148. The standard InChI is InChI=1S/C19H21NO5S3/c1-2-20(14-7-10-28(23,24)13-14)18(21)12-25-19(22)16(17-6-4-9-27-17)11-15-5-3-8-26-15/h3-6,8-9,11,14H,2,7,10,12-13H2,1H3/b16-11+/t14-/m0/s1. The first-order chi connectivity index (χ1) is 13.4. The molecule has 1 atom stereocenters. The zero-order chi connectivity index (χ0) is 20.1. The molecule has 0 N–H and O–H groups in total. The minimum Gasteiger partial charge on any atom is -0.452 e. The molecular formula is C19H21NO5S3. The highest BCUT2D eigenvalue weighted by molar-refractivity contribution is 7.91. The molecule has 0 radical (unpaired) electrons. The van der Waals surface area contributed by atoms with Crippen LogP contribution in [0.1, 0.15) is 23.1 Å². The van der Waals surface area contributed by atoms with Gasteiger partial charge >= 0.3 is 5.97 Å². The number of nitrogens with zero attached hydrogens (tertiary/aromatic N) is 1. The third kappa shape index (κ3) is 5.09. The molecule has 3 rings (SSSR count). The number of hydrogen-bond acceptors (Lipinski definition) is 7. The number of carbonyl (C=O) groups excluding carboxylic acids is 2. The van der Waals surface area contributed by atoms with Gasteiger partial charge in [0.25, 0.3) is 5.91 Å². The molecule has 9 heteroatoms. The summed E-state index contributed by atoms with van der Waals surface area (Å²) < 4.78 is 28.7. The molecule has 0 unspecified atom stereocenters. The van der Waals surface area contributed by atoms with Crippen LogP contribution in [0.3, 0.4) is 0 Å². The van der Waals surface area contributed by atoms with E-state index in [0.29, 0.717) is 18.5 Å². The van der Waals surface area contributed by atoms with E-state index < -0.39 is 22.4 Å². The van der Waals surface area contributed by atoms with Crippen molar-refractivity contribution in [1.29, 1.82) is 0 Å². The molecule has 0 saturated carbocycles. The highest BCUT2D eigenvalue weighted by Crippen LogP contribution is 2.26. The van der Waals surface area contributed by atoms with Gasteiger partial charge in [-0.05, 0) is 42.3 Å². The van der Waals surface area contributed by atoms with E-state index in [1.807, 2.05) is 35.0 Å². The smallest absolute Gasteiger partial charge is 0.340 e. The SMILES string of the molecule is CCN(C(=O)COC(=O)/C(=C/c1cccs1)c1cccs1)[C@H]1CCS(=O)(=O)C1. The average molecular weight is 440 g/mol. The fraction of sp³-hybridized carbons (Fsp3) is 0.368. The Morgan fingerprint density at radius 1 is 1.25 bits per heavy atom. The van der Waals surface area contributed by atoms with Gasteiger partial charge in [-0.1, -0.05) is 12.1 Å². The van der Waals surface area contributed by atoms with Crippen LogP contribution in [0.2, 0.25) is 0 Å². The third-order valence-electron chi connectivity index (χ3n) is 4.47. The first kappa shape index (κ1) is 20.8. The Morgan fingerprint density at radius 2 is 2.00 bits per heavy atom. The number of sulfone groups is 1. The second-order valence-corrected chi connectivity index (χ2v) is 10.5. The molecule has 1 saturated heterocycles. The van der Waals surface area contributed by atoms with Crippen LogP contribution in [0, 0.1) is 0 Å². The topological polar surface area (TPSA) is 80.8 Å². The van der Waals surface area contributed by atoms with Crippen LogP contribution in [0.4, 0.5) is 0 Å². The second-order valence-electron chi connectivity index (χ2n) is 6.36. The van der Waals surface area contributed by atoms with Crippen LogP contribution in [-0.2, 0) is 24.2 Å². The largest absolute Gasteiger partial charge is 0.452 e. The summed E-state index contributed by atoms with van der Waals surface area (Å²) in [6.07, 6.45) is 2.18. The number of amides is 1. The molecule has 1 aliphatic rings. The Kier molecular flexibility index (Phi) is 6.69. The Bertz CT molecular complexity index is 946. The number of hydrogen-bond donors (Lipinski definition) is 0. The van der Waals surface area contributed by atoms with Gasteiger partial charge in [-0.25, -0.2) is 13.2 Å². The van der Waals surface area contributed by atoms with Gasteiger partial charge in [0.2, 0.25) is 0 Å². The van der Waals surface area contributed by atoms with E-state index in [0.717, 1.165) is 9.75 Å². The molecule has 2 aromatic rings. The fourth-order valence-electron chi connectivity index (χ4n) is 3.13. The maximum Gasteiger partial charge on any atom is 0.340 e. The number of thiophene rings is 2. The molecule has 0 aliphatic carbocycles. The highest BCUT2D eigenvalue weighted by atomic mass is 32.2. The zero-order valence-corrected chi connectivity index (χ0v) is 17.8. The molecule has 0 spiro atoms. The van der Waals surface area contributed by atoms with Crippen LogP contribution in [0.25, 0.3) is 11.6 Å². The van der Waals surface area contributed by atoms with E-state index in [1.165, 1.54) is 27.6 Å². The van der Waals surface area contributed by atoms with E-state index in [9.17, 15) is 18.0 Å². The molecule has 0 bridgehead atoms. The van der Waals surface area contributed by atoms with E-state index >= 15 is 0 Å². The maximum absolute atomic E-state index is 12.7. The number of carbonyl (C=O) groups is 2. The summed E-state index contributed by atoms with van der Waals surface area (Å²) in [4.78, 5) is 28.4. The van der Waals surface area contributed by atoms with Gasteiger partial charge in [-0.2, -0.15) is 0 Å². The van der Waals surface area contributed by atoms with Crippen molar-refractivity contribution in [2.45, 2.75) is 19.4 Å².